The van der Waals surface area contributed by atoms with Crippen molar-refractivity contribution < 1.29 is 0 Å². The van der Waals surface area contributed by atoms with E-state index in [9.17, 15) is 0 Å². The fraction of sp³-hybridized carbons (Fsp3) is 0. The van der Waals surface area contributed by atoms with Crippen LogP contribution in [0.5, 0.6) is 0 Å². The van der Waals surface area contributed by atoms with Gasteiger partial charge < -0.3 is 5.73 Å². The number of nitrogen functional groups attached to an aromatic ring is 1. The summed E-state index contributed by atoms with van der Waals surface area (Å²) in [5.74, 6) is 0.614. The minimum absolute atomic E-state index is 0.614. The molecule has 0 bridgehead atoms. The highest BCUT2D eigenvalue weighted by molar-refractivity contribution is 7.18. The number of aromatic nitrogens is 2. The van der Waals surface area contributed by atoms with Crippen molar-refractivity contribution in [2.24, 2.45) is 0 Å². The standard InChI is InChI=1S/C15H10ClN3S/c16-11-4-2-1-3-10(11)12-14(17)19-7-5-9-6-8-20-13(9)15(19)18-12/h1-8H,17H2. The Morgan fingerprint density at radius 1 is 1.15 bits per heavy atom. The number of rotatable bonds is 1. The molecule has 0 amide bonds. The second kappa shape index (κ2) is 4.23. The highest BCUT2D eigenvalue weighted by atomic mass is 35.5. The minimum atomic E-state index is 0.614. The van der Waals surface area contributed by atoms with Crippen LogP contribution >= 0.6 is 22.9 Å². The SMILES string of the molecule is Nc1c(-c2ccccc2Cl)nc2c3sccc3ccn12. The van der Waals surface area contributed by atoms with Gasteiger partial charge in [0.1, 0.15) is 11.5 Å². The number of nitrogens with zero attached hydrogens (tertiary/aromatic N) is 2. The first-order valence-corrected chi connectivity index (χ1v) is 7.40. The second-order valence-corrected chi connectivity index (χ2v) is 5.86. The first-order chi connectivity index (χ1) is 9.75. The van der Waals surface area contributed by atoms with E-state index in [0.717, 1.165) is 21.6 Å². The van der Waals surface area contributed by atoms with Gasteiger partial charge in [-0.15, -0.1) is 11.3 Å². The number of benzene rings is 1. The topological polar surface area (TPSA) is 43.3 Å². The number of hydrogen-bond donors (Lipinski definition) is 1. The third-order valence-corrected chi connectivity index (χ3v) is 4.63. The smallest absolute Gasteiger partial charge is 0.157 e. The van der Waals surface area contributed by atoms with Crippen LogP contribution in [0.4, 0.5) is 5.82 Å². The normalized spacial score (nSPS) is 11.4. The van der Waals surface area contributed by atoms with Crippen LogP contribution in [-0.2, 0) is 0 Å². The van der Waals surface area contributed by atoms with E-state index < -0.39 is 0 Å². The van der Waals surface area contributed by atoms with Gasteiger partial charge in [0.05, 0.1) is 9.72 Å². The summed E-state index contributed by atoms with van der Waals surface area (Å²) in [7, 11) is 0. The maximum atomic E-state index is 6.25. The van der Waals surface area contributed by atoms with Crippen LogP contribution in [0.15, 0.2) is 48.0 Å². The van der Waals surface area contributed by atoms with Gasteiger partial charge in [-0.1, -0.05) is 29.8 Å². The van der Waals surface area contributed by atoms with E-state index >= 15 is 0 Å². The predicted octanol–water partition coefficient (Wildman–Crippen LogP) is 4.45. The molecule has 0 aliphatic carbocycles. The van der Waals surface area contributed by atoms with Crippen molar-refractivity contribution in [3.63, 3.8) is 0 Å². The summed E-state index contributed by atoms with van der Waals surface area (Å²) >= 11 is 7.92. The Morgan fingerprint density at radius 2 is 2.00 bits per heavy atom. The van der Waals surface area contributed by atoms with Crippen LogP contribution in [0.25, 0.3) is 27.0 Å². The van der Waals surface area contributed by atoms with E-state index in [4.69, 9.17) is 22.3 Å². The molecule has 0 saturated heterocycles. The molecular formula is C15H10ClN3S. The molecule has 0 saturated carbocycles. The summed E-state index contributed by atoms with van der Waals surface area (Å²) in [6.07, 6.45) is 1.95. The Balaban J connectivity index is 2.11. The van der Waals surface area contributed by atoms with Crippen LogP contribution in [0.1, 0.15) is 0 Å². The molecule has 4 aromatic rings. The largest absolute Gasteiger partial charge is 0.383 e. The molecule has 98 valence electrons. The number of hydrogen-bond acceptors (Lipinski definition) is 3. The molecule has 3 nitrogen and oxygen atoms in total. The van der Waals surface area contributed by atoms with Gasteiger partial charge in [-0.2, -0.15) is 0 Å². The zero-order valence-corrected chi connectivity index (χ0v) is 11.9. The summed E-state index contributed by atoms with van der Waals surface area (Å²) < 4.78 is 3.05. The first kappa shape index (κ1) is 11.8. The molecule has 2 N–H and O–H groups in total. The van der Waals surface area contributed by atoms with Gasteiger partial charge in [-0.05, 0) is 29.0 Å². The zero-order chi connectivity index (χ0) is 13.7. The van der Waals surface area contributed by atoms with E-state index in [1.54, 1.807) is 11.3 Å². The molecule has 0 fully saturated rings. The summed E-state index contributed by atoms with van der Waals surface area (Å²) in [5.41, 5.74) is 8.72. The van der Waals surface area contributed by atoms with Crippen LogP contribution in [0.2, 0.25) is 5.02 Å². The molecule has 0 aliphatic heterocycles. The van der Waals surface area contributed by atoms with Gasteiger partial charge >= 0.3 is 0 Å². The number of fused-ring (bicyclic) bond motifs is 3. The fourth-order valence-electron chi connectivity index (χ4n) is 2.39. The monoisotopic (exact) mass is 299 g/mol. The van der Waals surface area contributed by atoms with Crippen molar-refractivity contribution >= 4 is 44.5 Å². The average molecular weight is 300 g/mol. The molecule has 0 atom stereocenters. The quantitative estimate of drug-likeness (QED) is 0.564. The summed E-state index contributed by atoms with van der Waals surface area (Å²) in [6.45, 7) is 0. The molecule has 3 heterocycles. The van der Waals surface area contributed by atoms with Crippen LogP contribution < -0.4 is 5.73 Å². The first-order valence-electron chi connectivity index (χ1n) is 6.14. The van der Waals surface area contributed by atoms with Crippen molar-refractivity contribution in [3.05, 3.63) is 53.0 Å². The second-order valence-electron chi connectivity index (χ2n) is 4.54. The van der Waals surface area contributed by atoms with Crippen molar-refractivity contribution in [2.75, 3.05) is 5.73 Å². The van der Waals surface area contributed by atoms with Crippen LogP contribution in [0, 0.1) is 0 Å². The van der Waals surface area contributed by atoms with E-state index in [1.165, 1.54) is 5.39 Å². The Kier molecular flexibility index (Phi) is 2.49. The van der Waals surface area contributed by atoms with Crippen LogP contribution in [0.3, 0.4) is 0 Å². The van der Waals surface area contributed by atoms with Crippen molar-refractivity contribution in [3.8, 4) is 11.3 Å². The Hall–Kier alpha value is -2.04. The molecule has 20 heavy (non-hydrogen) atoms. The number of halogens is 1. The van der Waals surface area contributed by atoms with Gasteiger partial charge in [-0.3, -0.25) is 4.40 Å². The number of anilines is 1. The molecule has 0 radical (unpaired) electrons. The summed E-state index contributed by atoms with van der Waals surface area (Å²) in [5, 5.41) is 3.90. The Labute approximate surface area is 124 Å². The predicted molar refractivity (Wildman–Crippen MR) is 85.4 cm³/mol. The number of imidazole rings is 1. The average Bonchev–Trinajstić information content (AvgIpc) is 3.04. The van der Waals surface area contributed by atoms with Crippen molar-refractivity contribution in [2.45, 2.75) is 0 Å². The van der Waals surface area contributed by atoms with E-state index in [-0.39, 0.29) is 0 Å². The molecule has 0 unspecified atom stereocenters. The Bertz CT molecular complexity index is 939. The van der Waals surface area contributed by atoms with Gasteiger partial charge in [0, 0.05) is 11.8 Å². The molecule has 5 heteroatoms. The van der Waals surface area contributed by atoms with E-state index in [0.29, 0.717) is 10.8 Å². The highest BCUT2D eigenvalue weighted by Gasteiger charge is 2.15. The molecule has 3 aromatic heterocycles. The zero-order valence-electron chi connectivity index (χ0n) is 10.4. The Morgan fingerprint density at radius 3 is 2.85 bits per heavy atom. The summed E-state index contributed by atoms with van der Waals surface area (Å²) in [6, 6.07) is 11.8. The minimum Gasteiger partial charge on any atom is -0.383 e. The lowest BCUT2D eigenvalue weighted by atomic mass is 10.1. The molecular weight excluding hydrogens is 290 g/mol. The lowest BCUT2D eigenvalue weighted by molar-refractivity contribution is 1.22. The van der Waals surface area contributed by atoms with E-state index in [1.807, 2.05) is 40.9 Å². The molecule has 4 rings (SSSR count). The number of thiophene rings is 1. The lowest BCUT2D eigenvalue weighted by Gasteiger charge is -2.01. The third-order valence-electron chi connectivity index (χ3n) is 3.38. The maximum Gasteiger partial charge on any atom is 0.157 e. The van der Waals surface area contributed by atoms with Crippen LogP contribution in [-0.4, -0.2) is 9.38 Å². The third kappa shape index (κ3) is 1.55. The van der Waals surface area contributed by atoms with Crippen molar-refractivity contribution in [1.29, 1.82) is 0 Å². The fourth-order valence-corrected chi connectivity index (χ4v) is 3.49. The van der Waals surface area contributed by atoms with Gasteiger partial charge in [0.15, 0.2) is 5.65 Å². The lowest BCUT2D eigenvalue weighted by Crippen LogP contribution is -1.93. The van der Waals surface area contributed by atoms with Gasteiger partial charge in [-0.25, -0.2) is 4.98 Å². The number of pyridine rings is 1. The maximum absolute atomic E-state index is 6.25. The summed E-state index contributed by atoms with van der Waals surface area (Å²) in [4.78, 5) is 4.71. The molecule has 1 aromatic carbocycles. The van der Waals surface area contributed by atoms with Gasteiger partial charge in [0.2, 0.25) is 0 Å². The molecule has 0 spiro atoms. The molecule has 0 aliphatic rings. The van der Waals surface area contributed by atoms with E-state index in [2.05, 4.69) is 11.4 Å². The number of nitrogens with two attached hydrogens (primary N) is 1. The highest BCUT2D eigenvalue weighted by Crippen LogP contribution is 2.34. The van der Waals surface area contributed by atoms with Crippen molar-refractivity contribution in [1.82, 2.24) is 9.38 Å². The van der Waals surface area contributed by atoms with Gasteiger partial charge in [0.25, 0.3) is 0 Å².